The lowest BCUT2D eigenvalue weighted by Gasteiger charge is -2.16. The van der Waals surface area contributed by atoms with Crippen LogP contribution < -0.4 is 18.9 Å². The van der Waals surface area contributed by atoms with Gasteiger partial charge in [0.2, 0.25) is 5.88 Å². The normalized spacial score (nSPS) is 11.4. The average molecular weight is 507 g/mol. The van der Waals surface area contributed by atoms with E-state index in [9.17, 15) is 8.42 Å². The first-order chi connectivity index (χ1) is 16.2. The summed E-state index contributed by atoms with van der Waals surface area (Å²) < 4.78 is 45.4. The third-order valence-electron chi connectivity index (χ3n) is 4.83. The Kier molecular flexibility index (Phi) is 8.54. The van der Waals surface area contributed by atoms with Crippen LogP contribution in [-0.4, -0.2) is 57.6 Å². The van der Waals surface area contributed by atoms with Crippen molar-refractivity contribution in [1.29, 1.82) is 0 Å². The van der Waals surface area contributed by atoms with Crippen LogP contribution in [0.15, 0.2) is 53.8 Å². The van der Waals surface area contributed by atoms with Gasteiger partial charge in [0.1, 0.15) is 25.2 Å². The lowest BCUT2D eigenvalue weighted by atomic mass is 10.2. The quantitative estimate of drug-likeness (QED) is 0.419. The van der Waals surface area contributed by atoms with E-state index in [1.807, 2.05) is 31.1 Å². The van der Waals surface area contributed by atoms with Crippen LogP contribution in [0.4, 0.5) is 5.69 Å². The molecule has 0 amide bonds. The Balaban J connectivity index is 1.76. The number of nitrogens with one attached hydrogen (secondary N) is 1. The highest BCUT2D eigenvalue weighted by Crippen LogP contribution is 2.30. The number of ether oxygens (including phenoxy) is 3. The highest BCUT2D eigenvalue weighted by molar-refractivity contribution is 7.92. The molecule has 182 valence electrons. The predicted molar refractivity (Wildman–Crippen MR) is 130 cm³/mol. The Morgan fingerprint density at radius 1 is 1.12 bits per heavy atom. The molecule has 0 aliphatic carbocycles. The predicted octanol–water partition coefficient (Wildman–Crippen LogP) is 3.77. The molecule has 3 rings (SSSR count). The van der Waals surface area contributed by atoms with Crippen LogP contribution in [0.1, 0.15) is 11.1 Å². The Labute approximate surface area is 204 Å². The summed E-state index contributed by atoms with van der Waals surface area (Å²) in [5, 5.41) is 0.353. The average Bonchev–Trinajstić information content (AvgIpc) is 2.80. The molecule has 0 fully saturated rings. The number of aromatic nitrogens is 2. The number of likely N-dealkylation sites (N-methyl/N-ethyl adjacent to an activating group) is 1. The summed E-state index contributed by atoms with van der Waals surface area (Å²) in [4.78, 5) is 10.1. The zero-order valence-electron chi connectivity index (χ0n) is 19.4. The van der Waals surface area contributed by atoms with Gasteiger partial charge in [0.25, 0.3) is 10.0 Å². The summed E-state index contributed by atoms with van der Waals surface area (Å²) in [7, 11) is 1.56. The molecule has 9 nitrogen and oxygen atoms in total. The fraction of sp³-hybridized carbons (Fsp3) is 0.304. The van der Waals surface area contributed by atoms with Gasteiger partial charge in [-0.15, -0.1) is 0 Å². The molecule has 0 radical (unpaired) electrons. The van der Waals surface area contributed by atoms with Crippen LogP contribution in [0, 0.1) is 6.92 Å². The van der Waals surface area contributed by atoms with Crippen LogP contribution in [0.5, 0.6) is 17.4 Å². The van der Waals surface area contributed by atoms with E-state index in [1.165, 1.54) is 18.6 Å². The highest BCUT2D eigenvalue weighted by atomic mass is 35.5. The number of anilines is 1. The van der Waals surface area contributed by atoms with E-state index >= 15 is 0 Å². The topological polar surface area (TPSA) is 103 Å². The van der Waals surface area contributed by atoms with Crippen LogP contribution in [0.2, 0.25) is 5.02 Å². The van der Waals surface area contributed by atoms with Crippen molar-refractivity contribution in [3.63, 3.8) is 0 Å². The van der Waals surface area contributed by atoms with Crippen LogP contribution in [0.25, 0.3) is 0 Å². The standard InChI is InChI=1S/C23H27ClN4O5S/c1-16-18(24)6-5-7-22(16)34(29,30)27-19-13-25-15-26-23(19)33-14-17-8-9-20(31-4)21(12-17)32-11-10-28(2)3/h5-9,12-13,15,27H,10-11,14H2,1-4H3. The first kappa shape index (κ1) is 25.5. The van der Waals surface area contributed by atoms with Gasteiger partial charge in [-0.1, -0.05) is 23.7 Å². The van der Waals surface area contributed by atoms with Crippen LogP contribution in [0.3, 0.4) is 0 Å². The van der Waals surface area contributed by atoms with Gasteiger partial charge in [0.05, 0.1) is 18.2 Å². The SMILES string of the molecule is COc1ccc(COc2ncncc2NS(=O)(=O)c2cccc(Cl)c2C)cc1OCCN(C)C. The number of sulfonamides is 1. The largest absolute Gasteiger partial charge is 0.493 e. The Bertz CT molecular complexity index is 1240. The number of rotatable bonds is 11. The maximum absolute atomic E-state index is 12.9. The molecule has 0 saturated carbocycles. The van der Waals surface area contributed by atoms with Gasteiger partial charge in [-0.3, -0.25) is 4.72 Å². The van der Waals surface area contributed by atoms with Gasteiger partial charge in [0, 0.05) is 11.6 Å². The van der Waals surface area contributed by atoms with Gasteiger partial charge < -0.3 is 19.1 Å². The first-order valence-corrected chi connectivity index (χ1v) is 12.2. The minimum atomic E-state index is -3.94. The summed E-state index contributed by atoms with van der Waals surface area (Å²) in [6.45, 7) is 3.00. The Morgan fingerprint density at radius 2 is 1.91 bits per heavy atom. The van der Waals surface area contributed by atoms with E-state index in [0.717, 1.165) is 12.1 Å². The number of methoxy groups -OCH3 is 1. The zero-order chi connectivity index (χ0) is 24.7. The molecule has 1 N–H and O–H groups in total. The molecule has 0 aliphatic heterocycles. The number of nitrogens with zero attached hydrogens (tertiary/aromatic N) is 3. The van der Waals surface area contributed by atoms with E-state index in [1.54, 1.807) is 32.2 Å². The van der Waals surface area contributed by atoms with Gasteiger partial charge in [-0.25, -0.2) is 13.4 Å². The lowest BCUT2D eigenvalue weighted by Crippen LogP contribution is -2.19. The van der Waals surface area contributed by atoms with Gasteiger partial charge in [0.15, 0.2) is 11.5 Å². The summed E-state index contributed by atoms with van der Waals surface area (Å²) >= 11 is 6.09. The molecule has 0 atom stereocenters. The fourth-order valence-electron chi connectivity index (χ4n) is 3.00. The van der Waals surface area contributed by atoms with Crippen molar-refractivity contribution in [2.24, 2.45) is 0 Å². The monoisotopic (exact) mass is 506 g/mol. The van der Waals surface area contributed by atoms with Crippen molar-refractivity contribution in [3.8, 4) is 17.4 Å². The maximum Gasteiger partial charge on any atom is 0.262 e. The minimum absolute atomic E-state index is 0.0597. The summed E-state index contributed by atoms with van der Waals surface area (Å²) in [6.07, 6.45) is 2.62. The fourth-order valence-corrected chi connectivity index (χ4v) is 4.54. The number of benzene rings is 2. The van der Waals surface area contributed by atoms with E-state index in [0.29, 0.717) is 28.7 Å². The molecule has 2 aromatic carbocycles. The lowest BCUT2D eigenvalue weighted by molar-refractivity contribution is 0.249. The van der Waals surface area contributed by atoms with Crippen molar-refractivity contribution in [2.75, 3.05) is 39.1 Å². The third-order valence-corrected chi connectivity index (χ3v) is 6.75. The summed E-state index contributed by atoms with van der Waals surface area (Å²) in [6, 6.07) is 10.1. The Hall–Kier alpha value is -3.08. The molecule has 1 aromatic heterocycles. The molecular formula is C23H27ClN4O5S. The smallest absolute Gasteiger partial charge is 0.262 e. The zero-order valence-corrected chi connectivity index (χ0v) is 21.0. The van der Waals surface area contributed by atoms with Crippen molar-refractivity contribution < 1.29 is 22.6 Å². The molecule has 0 spiro atoms. The highest BCUT2D eigenvalue weighted by Gasteiger charge is 2.21. The molecule has 11 heteroatoms. The van der Waals surface area contributed by atoms with E-state index in [4.69, 9.17) is 25.8 Å². The van der Waals surface area contributed by atoms with Gasteiger partial charge >= 0.3 is 0 Å². The van der Waals surface area contributed by atoms with Crippen molar-refractivity contribution in [2.45, 2.75) is 18.4 Å². The number of halogens is 1. The third kappa shape index (κ3) is 6.49. The molecule has 0 aliphatic rings. The molecule has 1 heterocycles. The maximum atomic E-state index is 12.9. The van der Waals surface area contributed by atoms with Crippen LogP contribution >= 0.6 is 11.6 Å². The first-order valence-electron chi connectivity index (χ1n) is 10.4. The van der Waals surface area contributed by atoms with Crippen LogP contribution in [-0.2, 0) is 16.6 Å². The van der Waals surface area contributed by atoms with Crippen molar-refractivity contribution in [3.05, 3.63) is 65.1 Å². The van der Waals surface area contributed by atoms with Gasteiger partial charge in [-0.05, 0) is 56.4 Å². The minimum Gasteiger partial charge on any atom is -0.493 e. The second-order valence-corrected chi connectivity index (χ2v) is 9.69. The Morgan fingerprint density at radius 3 is 2.65 bits per heavy atom. The molecular weight excluding hydrogens is 480 g/mol. The summed E-state index contributed by atoms with van der Waals surface area (Å²) in [5.41, 5.74) is 1.34. The van der Waals surface area contributed by atoms with Crippen molar-refractivity contribution >= 4 is 27.3 Å². The van der Waals surface area contributed by atoms with Gasteiger partial charge in [-0.2, -0.15) is 4.98 Å². The van der Waals surface area contributed by atoms with E-state index in [-0.39, 0.29) is 23.1 Å². The molecule has 0 unspecified atom stereocenters. The molecule has 0 bridgehead atoms. The molecule has 0 saturated heterocycles. The molecule has 34 heavy (non-hydrogen) atoms. The second-order valence-electron chi connectivity index (χ2n) is 7.64. The number of hydrogen-bond acceptors (Lipinski definition) is 8. The van der Waals surface area contributed by atoms with Crippen molar-refractivity contribution in [1.82, 2.24) is 14.9 Å². The summed E-state index contributed by atoms with van der Waals surface area (Å²) in [5.74, 6) is 1.28. The molecule has 3 aromatic rings. The van der Waals surface area contributed by atoms with E-state index < -0.39 is 10.0 Å². The number of hydrogen-bond donors (Lipinski definition) is 1. The van der Waals surface area contributed by atoms with E-state index in [2.05, 4.69) is 14.7 Å². The second kappa shape index (κ2) is 11.4.